The van der Waals surface area contributed by atoms with Crippen molar-refractivity contribution >= 4 is 11.3 Å². The number of thiophene rings is 1. The lowest BCUT2D eigenvalue weighted by molar-refractivity contribution is 0.130. The van der Waals surface area contributed by atoms with E-state index in [0.29, 0.717) is 6.04 Å². The van der Waals surface area contributed by atoms with E-state index in [1.807, 2.05) is 0 Å². The molecule has 1 rings (SSSR count). The molecule has 0 saturated carbocycles. The minimum absolute atomic E-state index is 0.444. The molecule has 0 bridgehead atoms. The van der Waals surface area contributed by atoms with Gasteiger partial charge >= 0.3 is 0 Å². The molecule has 1 atom stereocenters. The zero-order valence-electron chi connectivity index (χ0n) is 10.4. The Hall–Kier alpha value is -0.380. The molecule has 0 aliphatic heterocycles. The van der Waals surface area contributed by atoms with Gasteiger partial charge in [-0.25, -0.2) is 0 Å². The highest BCUT2D eigenvalue weighted by Gasteiger charge is 2.03. The van der Waals surface area contributed by atoms with Crippen molar-refractivity contribution in [3.05, 3.63) is 22.4 Å². The Morgan fingerprint density at radius 2 is 2.25 bits per heavy atom. The standard InChI is InChI=1S/C13H23NOS/c1-3-4-5-9-15-10-8-14-12(2)13-7-6-11-16-13/h6-7,11-12,14H,3-5,8-10H2,1-2H3. The zero-order chi connectivity index (χ0) is 11.6. The fourth-order valence-corrected chi connectivity index (χ4v) is 2.30. The maximum absolute atomic E-state index is 5.54. The zero-order valence-corrected chi connectivity index (χ0v) is 11.2. The smallest absolute Gasteiger partial charge is 0.0591 e. The average Bonchev–Trinajstić information content (AvgIpc) is 2.81. The third kappa shape index (κ3) is 5.64. The van der Waals surface area contributed by atoms with Crippen LogP contribution in [0.4, 0.5) is 0 Å². The molecule has 16 heavy (non-hydrogen) atoms. The normalized spacial score (nSPS) is 12.9. The lowest BCUT2D eigenvalue weighted by Crippen LogP contribution is -2.22. The van der Waals surface area contributed by atoms with Gasteiger partial charge in [0, 0.05) is 24.1 Å². The summed E-state index contributed by atoms with van der Waals surface area (Å²) < 4.78 is 5.54. The first kappa shape index (κ1) is 13.7. The lowest BCUT2D eigenvalue weighted by Gasteiger charge is -2.12. The summed E-state index contributed by atoms with van der Waals surface area (Å²) in [6, 6.07) is 4.71. The number of nitrogens with one attached hydrogen (secondary N) is 1. The van der Waals surface area contributed by atoms with E-state index in [0.717, 1.165) is 19.8 Å². The van der Waals surface area contributed by atoms with Crippen molar-refractivity contribution in [1.29, 1.82) is 0 Å². The summed E-state index contributed by atoms with van der Waals surface area (Å²) in [5.74, 6) is 0. The average molecular weight is 241 g/mol. The third-order valence-corrected chi connectivity index (χ3v) is 3.61. The minimum Gasteiger partial charge on any atom is -0.380 e. The van der Waals surface area contributed by atoms with E-state index in [9.17, 15) is 0 Å². The van der Waals surface area contributed by atoms with E-state index in [1.54, 1.807) is 11.3 Å². The Morgan fingerprint density at radius 3 is 2.94 bits per heavy atom. The van der Waals surface area contributed by atoms with E-state index in [2.05, 4.69) is 36.7 Å². The van der Waals surface area contributed by atoms with Crippen LogP contribution in [0.3, 0.4) is 0 Å². The van der Waals surface area contributed by atoms with Crippen LogP contribution < -0.4 is 5.32 Å². The number of hydrogen-bond acceptors (Lipinski definition) is 3. The van der Waals surface area contributed by atoms with Crippen LogP contribution in [0, 0.1) is 0 Å². The molecule has 0 aliphatic rings. The second kappa shape index (κ2) is 8.74. The summed E-state index contributed by atoms with van der Waals surface area (Å²) in [6.45, 7) is 7.07. The molecular weight excluding hydrogens is 218 g/mol. The first-order valence-electron chi connectivity index (χ1n) is 6.19. The van der Waals surface area contributed by atoms with Crippen molar-refractivity contribution in [2.24, 2.45) is 0 Å². The van der Waals surface area contributed by atoms with Gasteiger partial charge in [-0.2, -0.15) is 0 Å². The quantitative estimate of drug-likeness (QED) is 0.667. The summed E-state index contributed by atoms with van der Waals surface area (Å²) in [7, 11) is 0. The first-order valence-corrected chi connectivity index (χ1v) is 7.07. The molecule has 0 aliphatic carbocycles. The van der Waals surface area contributed by atoms with Crippen molar-refractivity contribution in [3.8, 4) is 0 Å². The topological polar surface area (TPSA) is 21.3 Å². The van der Waals surface area contributed by atoms with Crippen LogP contribution >= 0.6 is 11.3 Å². The molecule has 0 fully saturated rings. The number of hydrogen-bond donors (Lipinski definition) is 1. The summed E-state index contributed by atoms with van der Waals surface area (Å²) >= 11 is 1.80. The van der Waals surface area contributed by atoms with Crippen LogP contribution in [0.5, 0.6) is 0 Å². The molecule has 0 aromatic carbocycles. The first-order chi connectivity index (χ1) is 7.84. The van der Waals surface area contributed by atoms with E-state index in [4.69, 9.17) is 4.74 Å². The van der Waals surface area contributed by atoms with Gasteiger partial charge in [0.2, 0.25) is 0 Å². The molecule has 3 heteroatoms. The number of rotatable bonds is 9. The summed E-state index contributed by atoms with van der Waals surface area (Å²) in [5, 5.41) is 5.58. The highest BCUT2D eigenvalue weighted by atomic mass is 32.1. The van der Waals surface area contributed by atoms with Crippen molar-refractivity contribution < 1.29 is 4.74 Å². The summed E-state index contributed by atoms with van der Waals surface area (Å²) in [4.78, 5) is 1.39. The van der Waals surface area contributed by atoms with Gasteiger partial charge in [0.25, 0.3) is 0 Å². The molecule has 92 valence electrons. The Labute approximate surface area is 103 Å². The van der Waals surface area contributed by atoms with Gasteiger partial charge in [-0.3, -0.25) is 0 Å². The summed E-state index contributed by atoms with van der Waals surface area (Å²) in [5.41, 5.74) is 0. The van der Waals surface area contributed by atoms with Crippen LogP contribution in [-0.4, -0.2) is 19.8 Å². The van der Waals surface area contributed by atoms with E-state index >= 15 is 0 Å². The van der Waals surface area contributed by atoms with Gasteiger partial charge in [-0.1, -0.05) is 25.8 Å². The second-order valence-corrected chi connectivity index (χ2v) is 4.99. The Bertz CT molecular complexity index is 248. The maximum atomic E-state index is 5.54. The molecular formula is C13H23NOS. The van der Waals surface area contributed by atoms with Crippen LogP contribution in [0.15, 0.2) is 17.5 Å². The predicted octanol–water partition coefficient (Wildman–Crippen LogP) is 3.61. The number of unbranched alkanes of at least 4 members (excludes halogenated alkanes) is 2. The van der Waals surface area contributed by atoms with Crippen LogP contribution in [0.2, 0.25) is 0 Å². The second-order valence-electron chi connectivity index (χ2n) is 4.01. The van der Waals surface area contributed by atoms with E-state index in [-0.39, 0.29) is 0 Å². The molecule has 1 unspecified atom stereocenters. The minimum atomic E-state index is 0.444. The molecule has 0 radical (unpaired) electrons. The molecule has 1 aromatic rings. The third-order valence-electron chi connectivity index (χ3n) is 2.56. The highest BCUT2D eigenvalue weighted by Crippen LogP contribution is 2.17. The van der Waals surface area contributed by atoms with Crippen LogP contribution in [0.1, 0.15) is 44.0 Å². The van der Waals surface area contributed by atoms with Crippen molar-refractivity contribution in [2.75, 3.05) is 19.8 Å². The molecule has 1 N–H and O–H groups in total. The predicted molar refractivity (Wildman–Crippen MR) is 71.1 cm³/mol. The van der Waals surface area contributed by atoms with Gasteiger partial charge in [-0.15, -0.1) is 11.3 Å². The molecule has 1 heterocycles. The lowest BCUT2D eigenvalue weighted by atomic mass is 10.3. The highest BCUT2D eigenvalue weighted by molar-refractivity contribution is 7.10. The van der Waals surface area contributed by atoms with Gasteiger partial charge in [0.1, 0.15) is 0 Å². The van der Waals surface area contributed by atoms with Crippen molar-refractivity contribution in [3.63, 3.8) is 0 Å². The van der Waals surface area contributed by atoms with E-state index < -0.39 is 0 Å². The molecule has 2 nitrogen and oxygen atoms in total. The van der Waals surface area contributed by atoms with Crippen LogP contribution in [-0.2, 0) is 4.74 Å². The Morgan fingerprint density at radius 1 is 1.38 bits per heavy atom. The fourth-order valence-electron chi connectivity index (χ4n) is 1.54. The Balaban J connectivity index is 1.95. The SMILES string of the molecule is CCCCCOCCNC(C)c1cccs1. The Kier molecular flexibility index (Phi) is 7.47. The molecule has 0 amide bonds. The molecule has 0 saturated heterocycles. The van der Waals surface area contributed by atoms with Crippen molar-refractivity contribution in [1.82, 2.24) is 5.32 Å². The van der Waals surface area contributed by atoms with Crippen molar-refractivity contribution in [2.45, 2.75) is 39.2 Å². The van der Waals surface area contributed by atoms with Crippen LogP contribution in [0.25, 0.3) is 0 Å². The fraction of sp³-hybridized carbons (Fsp3) is 0.692. The largest absolute Gasteiger partial charge is 0.380 e. The van der Waals surface area contributed by atoms with E-state index in [1.165, 1.54) is 24.1 Å². The van der Waals surface area contributed by atoms with Gasteiger partial charge in [0.05, 0.1) is 6.61 Å². The number of ether oxygens (including phenoxy) is 1. The van der Waals surface area contributed by atoms with Gasteiger partial charge in [-0.05, 0) is 24.8 Å². The molecule has 0 spiro atoms. The molecule has 1 aromatic heterocycles. The summed E-state index contributed by atoms with van der Waals surface area (Å²) in [6.07, 6.45) is 3.73. The monoisotopic (exact) mass is 241 g/mol. The van der Waals surface area contributed by atoms with Gasteiger partial charge in [0.15, 0.2) is 0 Å². The maximum Gasteiger partial charge on any atom is 0.0591 e. The van der Waals surface area contributed by atoms with Gasteiger partial charge < -0.3 is 10.1 Å².